The van der Waals surface area contributed by atoms with Crippen molar-refractivity contribution < 1.29 is 14.3 Å². The largest absolute Gasteiger partial charge is 0.375 e. The summed E-state index contributed by atoms with van der Waals surface area (Å²) >= 11 is 0. The van der Waals surface area contributed by atoms with Gasteiger partial charge in [0.1, 0.15) is 0 Å². The second-order valence-corrected chi connectivity index (χ2v) is 7.68. The normalized spacial score (nSPS) is 30.0. The van der Waals surface area contributed by atoms with E-state index in [1.807, 2.05) is 18.3 Å². The SMILES string of the molecule is O=C([C@H]1CC[C@H]2OCCN[C@@H]2C1)N1CCC(OCc2cccnc2)CC1. The maximum Gasteiger partial charge on any atom is 0.225 e. The molecule has 0 bridgehead atoms. The first kappa shape index (κ1) is 17.9. The summed E-state index contributed by atoms with van der Waals surface area (Å²) in [5.41, 5.74) is 1.10. The summed E-state index contributed by atoms with van der Waals surface area (Å²) in [4.78, 5) is 19.1. The van der Waals surface area contributed by atoms with Gasteiger partial charge in [0.25, 0.3) is 0 Å². The van der Waals surface area contributed by atoms with Crippen molar-refractivity contribution in [2.45, 2.75) is 57.0 Å². The van der Waals surface area contributed by atoms with Crippen molar-refractivity contribution >= 4 is 5.91 Å². The van der Waals surface area contributed by atoms with Crippen LogP contribution in [0.5, 0.6) is 0 Å². The van der Waals surface area contributed by atoms with Gasteiger partial charge < -0.3 is 19.7 Å². The van der Waals surface area contributed by atoms with Crippen molar-refractivity contribution in [2.75, 3.05) is 26.2 Å². The highest BCUT2D eigenvalue weighted by molar-refractivity contribution is 5.79. The van der Waals surface area contributed by atoms with E-state index in [0.717, 1.165) is 63.9 Å². The third-order valence-electron chi connectivity index (χ3n) is 5.94. The number of fused-ring (bicyclic) bond motifs is 1. The number of carbonyl (C=O) groups excluding carboxylic acids is 1. The van der Waals surface area contributed by atoms with E-state index in [9.17, 15) is 4.79 Å². The van der Waals surface area contributed by atoms with Gasteiger partial charge in [0.2, 0.25) is 5.91 Å². The second-order valence-electron chi connectivity index (χ2n) is 7.68. The van der Waals surface area contributed by atoms with E-state index in [4.69, 9.17) is 9.47 Å². The third kappa shape index (κ3) is 4.24. The Hall–Kier alpha value is -1.50. The molecule has 2 aliphatic heterocycles. The number of nitrogens with one attached hydrogen (secondary N) is 1. The maximum absolute atomic E-state index is 12.9. The van der Waals surface area contributed by atoms with E-state index in [0.29, 0.717) is 24.7 Å². The van der Waals surface area contributed by atoms with Gasteiger partial charge in [0, 0.05) is 44.0 Å². The molecule has 0 radical (unpaired) electrons. The van der Waals surface area contributed by atoms with Crippen LogP contribution in [0.25, 0.3) is 0 Å². The van der Waals surface area contributed by atoms with E-state index in [2.05, 4.69) is 15.2 Å². The molecule has 4 rings (SSSR count). The first-order valence-corrected chi connectivity index (χ1v) is 9.94. The van der Waals surface area contributed by atoms with Crippen molar-refractivity contribution in [3.8, 4) is 0 Å². The van der Waals surface area contributed by atoms with Gasteiger partial charge in [-0.3, -0.25) is 9.78 Å². The first-order chi connectivity index (χ1) is 12.8. The van der Waals surface area contributed by atoms with Gasteiger partial charge in [-0.05, 0) is 43.7 Å². The minimum Gasteiger partial charge on any atom is -0.375 e. The number of nitrogens with zero attached hydrogens (tertiary/aromatic N) is 2. The molecule has 1 amide bonds. The molecule has 142 valence electrons. The first-order valence-electron chi connectivity index (χ1n) is 9.94. The van der Waals surface area contributed by atoms with Crippen LogP contribution in [0.15, 0.2) is 24.5 Å². The standard InChI is InChI=1S/C20H29N3O3/c24-20(16-3-4-19-18(12-16)22-8-11-25-19)23-9-5-17(6-10-23)26-14-15-2-1-7-21-13-15/h1-2,7,13,16-19,22H,3-6,8-12,14H2/t16-,18+,19+/m0/s1. The predicted molar refractivity (Wildman–Crippen MR) is 97.5 cm³/mol. The molecule has 1 aromatic heterocycles. The lowest BCUT2D eigenvalue weighted by Gasteiger charge is -2.41. The molecule has 0 aromatic carbocycles. The van der Waals surface area contributed by atoms with Crippen LogP contribution in [0.3, 0.4) is 0 Å². The molecule has 1 aromatic rings. The Morgan fingerprint density at radius 1 is 1.31 bits per heavy atom. The zero-order chi connectivity index (χ0) is 17.8. The van der Waals surface area contributed by atoms with Gasteiger partial charge in [-0.15, -0.1) is 0 Å². The smallest absolute Gasteiger partial charge is 0.225 e. The fourth-order valence-corrected chi connectivity index (χ4v) is 4.43. The van der Waals surface area contributed by atoms with Crippen LogP contribution in [0.4, 0.5) is 0 Å². The fourth-order valence-electron chi connectivity index (χ4n) is 4.43. The lowest BCUT2D eigenvalue weighted by molar-refractivity contribution is -0.141. The average molecular weight is 359 g/mol. The molecule has 0 unspecified atom stereocenters. The highest BCUT2D eigenvalue weighted by atomic mass is 16.5. The minimum absolute atomic E-state index is 0.151. The highest BCUT2D eigenvalue weighted by Crippen LogP contribution is 2.30. The third-order valence-corrected chi connectivity index (χ3v) is 5.94. The number of rotatable bonds is 4. The number of piperidine rings is 1. The van der Waals surface area contributed by atoms with E-state index in [-0.39, 0.29) is 12.0 Å². The van der Waals surface area contributed by atoms with Crippen LogP contribution in [0.1, 0.15) is 37.7 Å². The lowest BCUT2D eigenvalue weighted by Crippen LogP contribution is -2.54. The van der Waals surface area contributed by atoms with E-state index in [1.54, 1.807) is 6.20 Å². The van der Waals surface area contributed by atoms with E-state index < -0.39 is 0 Å². The Kier molecular flexibility index (Phi) is 5.82. The Bertz CT molecular complexity index is 589. The lowest BCUT2D eigenvalue weighted by atomic mass is 9.82. The quantitative estimate of drug-likeness (QED) is 0.887. The fraction of sp³-hybridized carbons (Fsp3) is 0.700. The number of morpholine rings is 1. The Morgan fingerprint density at radius 3 is 3.00 bits per heavy atom. The molecule has 6 nitrogen and oxygen atoms in total. The summed E-state index contributed by atoms with van der Waals surface area (Å²) < 4.78 is 11.8. The monoisotopic (exact) mass is 359 g/mol. The summed E-state index contributed by atoms with van der Waals surface area (Å²) in [7, 11) is 0. The summed E-state index contributed by atoms with van der Waals surface area (Å²) in [6.07, 6.45) is 8.88. The molecule has 1 aliphatic carbocycles. The van der Waals surface area contributed by atoms with Crippen LogP contribution in [0.2, 0.25) is 0 Å². The summed E-state index contributed by atoms with van der Waals surface area (Å²) in [5.74, 6) is 0.486. The molecular weight excluding hydrogens is 330 g/mol. The summed E-state index contributed by atoms with van der Waals surface area (Å²) in [6.45, 7) is 3.92. The molecule has 26 heavy (non-hydrogen) atoms. The Morgan fingerprint density at radius 2 is 2.19 bits per heavy atom. The molecule has 1 saturated carbocycles. The number of carbonyl (C=O) groups is 1. The zero-order valence-corrected chi connectivity index (χ0v) is 15.3. The Balaban J connectivity index is 1.22. The van der Waals surface area contributed by atoms with E-state index in [1.165, 1.54) is 0 Å². The minimum atomic E-state index is 0.151. The van der Waals surface area contributed by atoms with Crippen LogP contribution >= 0.6 is 0 Å². The zero-order valence-electron chi connectivity index (χ0n) is 15.3. The van der Waals surface area contributed by atoms with Gasteiger partial charge in [-0.2, -0.15) is 0 Å². The van der Waals surface area contributed by atoms with Gasteiger partial charge in [0.05, 0.1) is 25.4 Å². The molecule has 6 heteroatoms. The average Bonchev–Trinajstić information content (AvgIpc) is 2.72. The van der Waals surface area contributed by atoms with Crippen molar-refractivity contribution in [1.29, 1.82) is 0 Å². The number of pyridine rings is 1. The van der Waals surface area contributed by atoms with Gasteiger partial charge >= 0.3 is 0 Å². The van der Waals surface area contributed by atoms with Crippen LogP contribution in [-0.2, 0) is 20.9 Å². The highest BCUT2D eigenvalue weighted by Gasteiger charge is 2.38. The van der Waals surface area contributed by atoms with Crippen LogP contribution in [0, 0.1) is 5.92 Å². The molecule has 0 spiro atoms. The predicted octanol–water partition coefficient (Wildman–Crippen LogP) is 1.75. The van der Waals surface area contributed by atoms with Crippen LogP contribution in [-0.4, -0.2) is 60.3 Å². The molecule has 3 heterocycles. The summed E-state index contributed by atoms with van der Waals surface area (Å²) in [6, 6.07) is 4.32. The molecule has 1 N–H and O–H groups in total. The Labute approximate surface area is 155 Å². The molecule has 2 saturated heterocycles. The van der Waals surface area contributed by atoms with Crippen molar-refractivity contribution in [3.05, 3.63) is 30.1 Å². The molecule has 3 atom stereocenters. The molecular formula is C20H29N3O3. The van der Waals surface area contributed by atoms with Crippen molar-refractivity contribution in [1.82, 2.24) is 15.2 Å². The number of hydrogen-bond acceptors (Lipinski definition) is 5. The van der Waals surface area contributed by atoms with Crippen LogP contribution < -0.4 is 5.32 Å². The molecule has 3 fully saturated rings. The number of likely N-dealkylation sites (tertiary alicyclic amines) is 1. The van der Waals surface area contributed by atoms with Gasteiger partial charge in [-0.1, -0.05) is 6.07 Å². The second kappa shape index (κ2) is 8.46. The number of hydrogen-bond donors (Lipinski definition) is 1. The number of aromatic nitrogens is 1. The topological polar surface area (TPSA) is 63.7 Å². The van der Waals surface area contributed by atoms with Gasteiger partial charge in [0.15, 0.2) is 0 Å². The van der Waals surface area contributed by atoms with Gasteiger partial charge in [-0.25, -0.2) is 0 Å². The van der Waals surface area contributed by atoms with Crippen molar-refractivity contribution in [3.63, 3.8) is 0 Å². The van der Waals surface area contributed by atoms with Crippen molar-refractivity contribution in [2.24, 2.45) is 5.92 Å². The summed E-state index contributed by atoms with van der Waals surface area (Å²) in [5, 5.41) is 3.53. The maximum atomic E-state index is 12.9. The number of ether oxygens (including phenoxy) is 2. The van der Waals surface area contributed by atoms with E-state index >= 15 is 0 Å². The number of amides is 1. The molecule has 3 aliphatic rings.